The second-order valence-electron chi connectivity index (χ2n) is 7.16. The summed E-state index contributed by atoms with van der Waals surface area (Å²) < 4.78 is 27.7. The monoisotopic (exact) mass is 505 g/mol. The summed E-state index contributed by atoms with van der Waals surface area (Å²) in [4.78, 5) is 24.1. The fraction of sp³-hybridized carbons (Fsp3) is 0.130. The number of sulfonamides is 1. The standard InChI is InChI=1S/C23H21Cl2N3O4S/c1-16(29)26-20-3-2-4-21(13-20)27-23(30)15-28(14-17-5-7-18(24)8-6-17)33(31,32)22-11-9-19(25)10-12-22/h2-13H,14-15H2,1H3,(H,26,29)(H,27,30). The Hall–Kier alpha value is -2.91. The van der Waals surface area contributed by atoms with Crippen LogP contribution in [0.4, 0.5) is 11.4 Å². The summed E-state index contributed by atoms with van der Waals surface area (Å²) >= 11 is 11.8. The average Bonchev–Trinajstić information content (AvgIpc) is 2.75. The first-order chi connectivity index (χ1) is 15.6. The maximum absolute atomic E-state index is 13.3. The van der Waals surface area contributed by atoms with Crippen molar-refractivity contribution in [3.05, 3.63) is 88.4 Å². The zero-order chi connectivity index (χ0) is 24.0. The minimum atomic E-state index is -4.01. The molecule has 0 atom stereocenters. The summed E-state index contributed by atoms with van der Waals surface area (Å²) in [5.74, 6) is -0.789. The third kappa shape index (κ3) is 7.03. The number of benzene rings is 3. The molecule has 172 valence electrons. The first-order valence-electron chi connectivity index (χ1n) is 9.81. The van der Waals surface area contributed by atoms with Crippen LogP contribution in [0.2, 0.25) is 10.0 Å². The van der Waals surface area contributed by atoms with Gasteiger partial charge in [-0.15, -0.1) is 0 Å². The van der Waals surface area contributed by atoms with Gasteiger partial charge in [-0.1, -0.05) is 41.4 Å². The van der Waals surface area contributed by atoms with E-state index in [9.17, 15) is 18.0 Å². The number of carbonyl (C=O) groups excluding carboxylic acids is 2. The number of nitrogens with one attached hydrogen (secondary N) is 2. The zero-order valence-corrected chi connectivity index (χ0v) is 19.9. The average molecular weight is 506 g/mol. The van der Waals surface area contributed by atoms with Gasteiger partial charge in [-0.05, 0) is 60.2 Å². The highest BCUT2D eigenvalue weighted by molar-refractivity contribution is 7.89. The van der Waals surface area contributed by atoms with Crippen LogP contribution in [0.3, 0.4) is 0 Å². The zero-order valence-electron chi connectivity index (χ0n) is 17.6. The molecule has 0 unspecified atom stereocenters. The van der Waals surface area contributed by atoms with Gasteiger partial charge in [0, 0.05) is 34.9 Å². The molecule has 2 N–H and O–H groups in total. The summed E-state index contributed by atoms with van der Waals surface area (Å²) in [6, 6.07) is 19.0. The molecule has 0 radical (unpaired) electrons. The van der Waals surface area contributed by atoms with Gasteiger partial charge in [-0.2, -0.15) is 4.31 Å². The minimum Gasteiger partial charge on any atom is -0.326 e. The molecule has 3 rings (SSSR count). The van der Waals surface area contributed by atoms with Crippen LogP contribution in [-0.4, -0.2) is 31.1 Å². The van der Waals surface area contributed by atoms with Crippen molar-refractivity contribution < 1.29 is 18.0 Å². The molecule has 0 aromatic heterocycles. The molecule has 33 heavy (non-hydrogen) atoms. The molecule has 0 bridgehead atoms. The smallest absolute Gasteiger partial charge is 0.243 e. The van der Waals surface area contributed by atoms with Crippen molar-refractivity contribution in [2.75, 3.05) is 17.2 Å². The Kier molecular flexibility index (Phi) is 8.10. The molecule has 10 heteroatoms. The van der Waals surface area contributed by atoms with E-state index in [2.05, 4.69) is 10.6 Å². The van der Waals surface area contributed by atoms with Crippen molar-refractivity contribution in [1.82, 2.24) is 4.31 Å². The molecule has 0 saturated heterocycles. The highest BCUT2D eigenvalue weighted by Crippen LogP contribution is 2.22. The molecule has 0 aliphatic rings. The first-order valence-corrected chi connectivity index (χ1v) is 12.0. The number of anilines is 2. The van der Waals surface area contributed by atoms with Crippen LogP contribution in [0, 0.1) is 0 Å². The molecule has 3 aromatic rings. The van der Waals surface area contributed by atoms with Crippen molar-refractivity contribution in [1.29, 1.82) is 0 Å². The third-order valence-corrected chi connectivity index (χ3v) is 6.82. The number of nitrogens with zero attached hydrogens (tertiary/aromatic N) is 1. The molecular formula is C23H21Cl2N3O4S. The van der Waals surface area contributed by atoms with Gasteiger partial charge in [0.2, 0.25) is 21.8 Å². The van der Waals surface area contributed by atoms with E-state index in [1.54, 1.807) is 48.5 Å². The third-order valence-electron chi connectivity index (χ3n) is 4.51. The van der Waals surface area contributed by atoms with E-state index < -0.39 is 22.5 Å². The molecular weight excluding hydrogens is 485 g/mol. The van der Waals surface area contributed by atoms with E-state index in [1.807, 2.05) is 0 Å². The van der Waals surface area contributed by atoms with E-state index in [0.717, 1.165) is 4.31 Å². The van der Waals surface area contributed by atoms with Crippen molar-refractivity contribution in [2.24, 2.45) is 0 Å². The van der Waals surface area contributed by atoms with Crippen molar-refractivity contribution in [3.63, 3.8) is 0 Å². The number of halogens is 2. The summed E-state index contributed by atoms with van der Waals surface area (Å²) in [7, 11) is -4.01. The predicted octanol–water partition coefficient (Wildman–Crippen LogP) is 4.78. The van der Waals surface area contributed by atoms with Gasteiger partial charge in [-0.25, -0.2) is 8.42 Å². The van der Waals surface area contributed by atoms with E-state index >= 15 is 0 Å². The Morgan fingerprint density at radius 2 is 1.39 bits per heavy atom. The fourth-order valence-corrected chi connectivity index (χ4v) is 4.65. The summed E-state index contributed by atoms with van der Waals surface area (Å²) in [6.07, 6.45) is 0. The number of hydrogen-bond donors (Lipinski definition) is 2. The highest BCUT2D eigenvalue weighted by atomic mass is 35.5. The maximum Gasteiger partial charge on any atom is 0.243 e. The lowest BCUT2D eigenvalue weighted by Crippen LogP contribution is -2.37. The Labute approximate surface area is 202 Å². The Morgan fingerprint density at radius 3 is 1.97 bits per heavy atom. The number of hydrogen-bond acceptors (Lipinski definition) is 4. The van der Waals surface area contributed by atoms with E-state index in [-0.39, 0.29) is 17.3 Å². The summed E-state index contributed by atoms with van der Waals surface area (Å²) in [5, 5.41) is 6.22. The molecule has 0 fully saturated rings. The van der Waals surface area contributed by atoms with Gasteiger partial charge < -0.3 is 10.6 Å². The van der Waals surface area contributed by atoms with Gasteiger partial charge in [0.15, 0.2) is 0 Å². The lowest BCUT2D eigenvalue weighted by molar-refractivity contribution is -0.116. The van der Waals surface area contributed by atoms with Gasteiger partial charge in [-0.3, -0.25) is 9.59 Å². The van der Waals surface area contributed by atoms with E-state index in [1.165, 1.54) is 31.2 Å². The molecule has 2 amide bonds. The second-order valence-corrected chi connectivity index (χ2v) is 9.97. The molecule has 0 spiro atoms. The number of carbonyl (C=O) groups is 2. The number of amides is 2. The second kappa shape index (κ2) is 10.8. The maximum atomic E-state index is 13.3. The predicted molar refractivity (Wildman–Crippen MR) is 130 cm³/mol. The van der Waals surface area contributed by atoms with E-state index in [0.29, 0.717) is 27.0 Å². The lowest BCUT2D eigenvalue weighted by Gasteiger charge is -2.22. The molecule has 0 aliphatic heterocycles. The molecule has 0 aliphatic carbocycles. The van der Waals surface area contributed by atoms with Crippen LogP contribution in [0.25, 0.3) is 0 Å². The molecule has 0 saturated carbocycles. The van der Waals surface area contributed by atoms with Crippen molar-refractivity contribution >= 4 is 56.4 Å². The minimum absolute atomic E-state index is 0.0151. The van der Waals surface area contributed by atoms with Crippen LogP contribution in [0.15, 0.2) is 77.7 Å². The molecule has 0 heterocycles. The van der Waals surface area contributed by atoms with Crippen LogP contribution in [0.1, 0.15) is 12.5 Å². The molecule has 3 aromatic carbocycles. The Balaban J connectivity index is 1.84. The van der Waals surface area contributed by atoms with Gasteiger partial charge in [0.25, 0.3) is 0 Å². The fourth-order valence-electron chi connectivity index (χ4n) is 3.01. The largest absolute Gasteiger partial charge is 0.326 e. The summed E-state index contributed by atoms with van der Waals surface area (Å²) in [6.45, 7) is 0.904. The highest BCUT2D eigenvalue weighted by Gasteiger charge is 2.27. The van der Waals surface area contributed by atoms with Gasteiger partial charge in [0.05, 0.1) is 11.4 Å². The van der Waals surface area contributed by atoms with Crippen LogP contribution in [-0.2, 0) is 26.2 Å². The first kappa shape index (κ1) is 24.7. The number of rotatable bonds is 8. The van der Waals surface area contributed by atoms with Crippen molar-refractivity contribution in [2.45, 2.75) is 18.4 Å². The van der Waals surface area contributed by atoms with E-state index in [4.69, 9.17) is 23.2 Å². The Bertz CT molecular complexity index is 1250. The SMILES string of the molecule is CC(=O)Nc1cccc(NC(=O)CN(Cc2ccc(Cl)cc2)S(=O)(=O)c2ccc(Cl)cc2)c1. The topological polar surface area (TPSA) is 95.6 Å². The van der Waals surface area contributed by atoms with Crippen molar-refractivity contribution in [3.8, 4) is 0 Å². The van der Waals surface area contributed by atoms with Crippen LogP contribution >= 0.6 is 23.2 Å². The van der Waals surface area contributed by atoms with Crippen LogP contribution < -0.4 is 10.6 Å². The summed E-state index contributed by atoms with van der Waals surface area (Å²) in [5.41, 5.74) is 1.59. The lowest BCUT2D eigenvalue weighted by atomic mass is 10.2. The van der Waals surface area contributed by atoms with Crippen LogP contribution in [0.5, 0.6) is 0 Å². The molecule has 7 nitrogen and oxygen atoms in total. The van der Waals surface area contributed by atoms with Gasteiger partial charge in [0.1, 0.15) is 0 Å². The normalized spacial score (nSPS) is 11.3. The quantitative estimate of drug-likeness (QED) is 0.460. The van der Waals surface area contributed by atoms with Gasteiger partial charge >= 0.3 is 0 Å². The Morgan fingerprint density at radius 1 is 0.848 bits per heavy atom.